The van der Waals surface area contributed by atoms with Crippen molar-refractivity contribution < 1.29 is 9.66 Å². The quantitative estimate of drug-likeness (QED) is 0.503. The third kappa shape index (κ3) is 3.32. The van der Waals surface area contributed by atoms with Crippen LogP contribution in [0.25, 0.3) is 0 Å². The van der Waals surface area contributed by atoms with Crippen LogP contribution in [-0.4, -0.2) is 39.4 Å². The molecule has 0 amide bonds. The van der Waals surface area contributed by atoms with Crippen LogP contribution in [0.4, 0.5) is 11.6 Å². The summed E-state index contributed by atoms with van der Waals surface area (Å²) in [6.07, 6.45) is 2.22. The Balaban J connectivity index is 2.24. The number of aromatic nitrogens is 2. The Labute approximate surface area is 115 Å². The van der Waals surface area contributed by atoms with Gasteiger partial charge in [0.2, 0.25) is 5.95 Å². The van der Waals surface area contributed by atoms with E-state index in [4.69, 9.17) is 4.74 Å². The van der Waals surface area contributed by atoms with Gasteiger partial charge in [-0.3, -0.25) is 10.1 Å². The molecule has 1 aromatic heterocycles. The van der Waals surface area contributed by atoms with Gasteiger partial charge in [0, 0.05) is 18.4 Å². The highest BCUT2D eigenvalue weighted by Gasteiger charge is 2.29. The van der Waals surface area contributed by atoms with E-state index in [9.17, 15) is 10.1 Å². The topological polar surface area (TPSA) is 90.2 Å². The van der Waals surface area contributed by atoms with E-state index in [1.54, 1.807) is 0 Å². The third-order valence-electron chi connectivity index (χ3n) is 2.84. The van der Waals surface area contributed by atoms with Gasteiger partial charge < -0.3 is 10.1 Å². The number of nitro groups is 1. The van der Waals surface area contributed by atoms with Crippen LogP contribution in [0.5, 0.6) is 0 Å². The molecule has 0 saturated carbocycles. The second-order valence-electron chi connectivity index (χ2n) is 4.19. The second kappa shape index (κ2) is 6.16. The summed E-state index contributed by atoms with van der Waals surface area (Å²) in [4.78, 5) is 18.7. The zero-order valence-electron chi connectivity index (χ0n) is 10.8. The van der Waals surface area contributed by atoms with Crippen LogP contribution >= 0.6 is 11.8 Å². The van der Waals surface area contributed by atoms with Crippen molar-refractivity contribution in [1.29, 1.82) is 0 Å². The minimum atomic E-state index is -0.446. The summed E-state index contributed by atoms with van der Waals surface area (Å²) in [5, 5.41) is 14.6. The number of anilines is 1. The fraction of sp³-hybridized carbons (Fsp3) is 0.636. The average molecular weight is 284 g/mol. The lowest BCUT2D eigenvalue weighted by molar-refractivity contribution is -0.388. The highest BCUT2D eigenvalue weighted by atomic mass is 32.2. The maximum Gasteiger partial charge on any atom is 0.319 e. The van der Waals surface area contributed by atoms with Crippen LogP contribution in [-0.2, 0) is 4.74 Å². The van der Waals surface area contributed by atoms with E-state index >= 15 is 0 Å². The summed E-state index contributed by atoms with van der Waals surface area (Å²) in [6, 6.07) is 0. The van der Waals surface area contributed by atoms with E-state index < -0.39 is 4.92 Å². The van der Waals surface area contributed by atoms with Crippen LogP contribution in [0.3, 0.4) is 0 Å². The molecule has 0 aliphatic carbocycles. The molecule has 104 valence electrons. The summed E-state index contributed by atoms with van der Waals surface area (Å²) in [6.45, 7) is 5.26. The first-order chi connectivity index (χ1) is 9.11. The van der Waals surface area contributed by atoms with E-state index in [2.05, 4.69) is 15.3 Å². The Kier molecular flexibility index (Phi) is 4.54. The third-order valence-corrected chi connectivity index (χ3v) is 4.28. The van der Waals surface area contributed by atoms with Crippen LogP contribution in [0.2, 0.25) is 0 Å². The maximum atomic E-state index is 11.0. The molecule has 1 N–H and O–H groups in total. The largest absolute Gasteiger partial charge is 0.377 e. The van der Waals surface area contributed by atoms with Crippen molar-refractivity contribution >= 4 is 23.4 Å². The lowest BCUT2D eigenvalue weighted by atomic mass is 10.3. The fourth-order valence-corrected chi connectivity index (χ4v) is 2.98. The minimum Gasteiger partial charge on any atom is -0.377 e. The van der Waals surface area contributed by atoms with Gasteiger partial charge in [0.25, 0.3) is 0 Å². The first-order valence-electron chi connectivity index (χ1n) is 6.15. The van der Waals surface area contributed by atoms with Crippen LogP contribution in [0, 0.1) is 10.1 Å². The minimum absolute atomic E-state index is 0.0502. The first kappa shape index (κ1) is 14.0. The van der Waals surface area contributed by atoms with Crippen molar-refractivity contribution in [3.05, 3.63) is 16.3 Å². The van der Waals surface area contributed by atoms with Crippen molar-refractivity contribution in [2.45, 2.75) is 36.6 Å². The molecule has 2 heterocycles. The van der Waals surface area contributed by atoms with Crippen molar-refractivity contribution in [2.75, 3.05) is 18.5 Å². The fourth-order valence-electron chi connectivity index (χ4n) is 1.83. The maximum absolute atomic E-state index is 11.0. The number of nitrogens with one attached hydrogen (secondary N) is 1. The molecular weight excluding hydrogens is 268 g/mol. The van der Waals surface area contributed by atoms with Crippen LogP contribution in [0.1, 0.15) is 20.3 Å². The summed E-state index contributed by atoms with van der Waals surface area (Å²) in [5.41, 5.74) is -0.0502. The normalized spacial score (nSPS) is 22.4. The smallest absolute Gasteiger partial charge is 0.319 e. The van der Waals surface area contributed by atoms with Gasteiger partial charge in [-0.05, 0) is 20.3 Å². The Bertz CT molecular complexity index is 471. The lowest BCUT2D eigenvalue weighted by Gasteiger charge is -2.13. The molecule has 0 aromatic carbocycles. The lowest BCUT2D eigenvalue weighted by Crippen LogP contribution is -2.14. The van der Waals surface area contributed by atoms with Gasteiger partial charge >= 0.3 is 5.69 Å². The standard InChI is InChI=1S/C11H16N4O3S/c1-3-12-11-13-6-8(15(16)17)10(14-11)19-9-4-5-18-7(9)2/h6-7,9H,3-5H2,1-2H3,(H,12,13,14). The van der Waals surface area contributed by atoms with Crippen LogP contribution in [0.15, 0.2) is 11.2 Å². The van der Waals surface area contributed by atoms with Gasteiger partial charge in [-0.15, -0.1) is 0 Å². The summed E-state index contributed by atoms with van der Waals surface area (Å²) >= 11 is 1.40. The van der Waals surface area contributed by atoms with Gasteiger partial charge in [-0.2, -0.15) is 4.98 Å². The highest BCUT2D eigenvalue weighted by Crippen LogP contribution is 2.36. The molecule has 19 heavy (non-hydrogen) atoms. The van der Waals surface area contributed by atoms with Crippen LogP contribution < -0.4 is 5.32 Å². The number of thioether (sulfide) groups is 1. The van der Waals surface area contributed by atoms with Crippen molar-refractivity contribution in [1.82, 2.24) is 9.97 Å². The zero-order chi connectivity index (χ0) is 13.8. The summed E-state index contributed by atoms with van der Waals surface area (Å²) < 4.78 is 5.47. The highest BCUT2D eigenvalue weighted by molar-refractivity contribution is 8.00. The molecule has 0 radical (unpaired) electrons. The zero-order valence-corrected chi connectivity index (χ0v) is 11.6. The second-order valence-corrected chi connectivity index (χ2v) is 5.42. The number of ether oxygens (including phenoxy) is 1. The summed E-state index contributed by atoms with van der Waals surface area (Å²) in [7, 11) is 0. The molecule has 1 aromatic rings. The Morgan fingerprint density at radius 3 is 3.05 bits per heavy atom. The number of hydrogen-bond donors (Lipinski definition) is 1. The molecular formula is C11H16N4O3S. The SMILES string of the molecule is CCNc1ncc([N+](=O)[O-])c(SC2CCOC2C)n1. The monoisotopic (exact) mass is 284 g/mol. The van der Waals surface area contributed by atoms with Gasteiger partial charge in [-0.25, -0.2) is 4.98 Å². The van der Waals surface area contributed by atoms with E-state index in [0.717, 1.165) is 6.42 Å². The van der Waals surface area contributed by atoms with E-state index in [1.165, 1.54) is 18.0 Å². The van der Waals surface area contributed by atoms with E-state index in [-0.39, 0.29) is 17.0 Å². The molecule has 1 saturated heterocycles. The van der Waals surface area contributed by atoms with Crippen molar-refractivity contribution in [2.24, 2.45) is 0 Å². The molecule has 1 aliphatic heterocycles. The predicted molar refractivity (Wildman–Crippen MR) is 72.5 cm³/mol. The molecule has 2 atom stereocenters. The molecule has 7 nitrogen and oxygen atoms in total. The van der Waals surface area contributed by atoms with Crippen molar-refractivity contribution in [3.63, 3.8) is 0 Å². The number of nitrogens with zero attached hydrogens (tertiary/aromatic N) is 3. The average Bonchev–Trinajstić information content (AvgIpc) is 2.75. The molecule has 2 rings (SSSR count). The van der Waals surface area contributed by atoms with Gasteiger partial charge in [0.15, 0.2) is 5.03 Å². The molecule has 2 unspecified atom stereocenters. The van der Waals surface area contributed by atoms with Gasteiger partial charge in [-0.1, -0.05) is 11.8 Å². The number of rotatable bonds is 5. The van der Waals surface area contributed by atoms with E-state index in [1.807, 2.05) is 13.8 Å². The van der Waals surface area contributed by atoms with Gasteiger partial charge in [0.1, 0.15) is 6.20 Å². The van der Waals surface area contributed by atoms with Gasteiger partial charge in [0.05, 0.1) is 11.0 Å². The molecule has 0 spiro atoms. The molecule has 8 heteroatoms. The molecule has 1 fully saturated rings. The Hall–Kier alpha value is -1.41. The van der Waals surface area contributed by atoms with E-state index in [0.29, 0.717) is 24.1 Å². The Morgan fingerprint density at radius 2 is 2.47 bits per heavy atom. The molecule has 1 aliphatic rings. The number of hydrogen-bond acceptors (Lipinski definition) is 7. The van der Waals surface area contributed by atoms with Crippen molar-refractivity contribution in [3.8, 4) is 0 Å². The summed E-state index contributed by atoms with van der Waals surface area (Å²) in [5.74, 6) is 0.419. The first-order valence-corrected chi connectivity index (χ1v) is 7.03. The predicted octanol–water partition coefficient (Wildman–Crippen LogP) is 2.09. The Morgan fingerprint density at radius 1 is 1.68 bits per heavy atom. The molecule has 0 bridgehead atoms.